The van der Waals surface area contributed by atoms with Crippen molar-refractivity contribution in [3.05, 3.63) is 76.9 Å². The molecule has 0 aliphatic rings. The van der Waals surface area contributed by atoms with E-state index in [0.717, 1.165) is 16.5 Å². The molecule has 1 N–H and O–H groups in total. The molecule has 0 saturated carbocycles. The molecule has 1 unspecified atom stereocenters. The van der Waals surface area contributed by atoms with Crippen LogP contribution in [-0.2, 0) is 0 Å². The molecule has 0 spiro atoms. The van der Waals surface area contributed by atoms with Crippen LogP contribution in [0.25, 0.3) is 10.9 Å². The summed E-state index contributed by atoms with van der Waals surface area (Å²) in [5.74, 6) is -0.119. The lowest BCUT2D eigenvalue weighted by molar-refractivity contribution is 0.0941. The molecule has 1 atom stereocenters. The highest BCUT2D eigenvalue weighted by Gasteiger charge is 2.14. The number of benzene rings is 2. The fourth-order valence-electron chi connectivity index (χ4n) is 2.44. The first-order valence-corrected chi connectivity index (χ1v) is 7.43. The third kappa shape index (κ3) is 2.95. The smallest absolute Gasteiger partial charge is 0.252 e. The van der Waals surface area contributed by atoms with E-state index in [4.69, 9.17) is 11.6 Å². The number of pyridine rings is 1. The van der Waals surface area contributed by atoms with Crippen LogP contribution in [0.4, 0.5) is 0 Å². The molecule has 2 aromatic carbocycles. The molecule has 0 aliphatic carbocycles. The van der Waals surface area contributed by atoms with E-state index in [1.54, 1.807) is 6.20 Å². The van der Waals surface area contributed by atoms with E-state index in [1.165, 1.54) is 0 Å². The minimum absolute atomic E-state index is 0.119. The second-order valence-electron chi connectivity index (χ2n) is 5.13. The number of nitrogens with one attached hydrogen (secondary N) is 1. The quantitative estimate of drug-likeness (QED) is 0.780. The van der Waals surface area contributed by atoms with Crippen LogP contribution in [0.15, 0.2) is 60.8 Å². The lowest BCUT2D eigenvalue weighted by atomic mass is 10.1. The van der Waals surface area contributed by atoms with Gasteiger partial charge in [0.05, 0.1) is 11.6 Å². The summed E-state index contributed by atoms with van der Waals surface area (Å²) in [4.78, 5) is 16.8. The van der Waals surface area contributed by atoms with Crippen LogP contribution in [-0.4, -0.2) is 10.9 Å². The fraction of sp³-hybridized carbons (Fsp3) is 0.111. The second-order valence-corrected chi connectivity index (χ2v) is 5.56. The third-order valence-electron chi connectivity index (χ3n) is 3.59. The summed E-state index contributed by atoms with van der Waals surface area (Å²) < 4.78 is 0. The highest BCUT2D eigenvalue weighted by Crippen LogP contribution is 2.20. The van der Waals surface area contributed by atoms with Gasteiger partial charge in [-0.1, -0.05) is 35.9 Å². The maximum atomic E-state index is 12.6. The Bertz CT molecular complexity index is 827. The predicted molar refractivity (Wildman–Crippen MR) is 89.1 cm³/mol. The first kappa shape index (κ1) is 14.5. The number of carbonyl (C=O) groups excluding carboxylic acids is 1. The molecule has 3 aromatic rings. The van der Waals surface area contributed by atoms with E-state index in [1.807, 2.05) is 61.5 Å². The molecule has 1 heterocycles. The average Bonchev–Trinajstić information content (AvgIpc) is 2.54. The average molecular weight is 311 g/mol. The van der Waals surface area contributed by atoms with E-state index in [0.29, 0.717) is 10.6 Å². The van der Waals surface area contributed by atoms with Gasteiger partial charge in [0.1, 0.15) is 0 Å². The van der Waals surface area contributed by atoms with Crippen LogP contribution in [0.5, 0.6) is 0 Å². The van der Waals surface area contributed by atoms with Crippen molar-refractivity contribution in [2.24, 2.45) is 0 Å². The van der Waals surface area contributed by atoms with Crippen LogP contribution < -0.4 is 5.32 Å². The second kappa shape index (κ2) is 6.16. The van der Waals surface area contributed by atoms with Crippen molar-refractivity contribution in [1.29, 1.82) is 0 Å². The van der Waals surface area contributed by atoms with E-state index < -0.39 is 0 Å². The molecule has 4 heteroatoms. The summed E-state index contributed by atoms with van der Waals surface area (Å²) in [6.07, 6.45) is 1.72. The summed E-state index contributed by atoms with van der Waals surface area (Å²) in [5, 5.41) is 4.51. The maximum Gasteiger partial charge on any atom is 0.252 e. The molecule has 1 amide bonds. The van der Waals surface area contributed by atoms with Gasteiger partial charge in [-0.15, -0.1) is 0 Å². The Morgan fingerprint density at radius 2 is 1.95 bits per heavy atom. The standard InChI is InChI=1S/C18H15ClN2O/c1-12(13-5-2-6-14(19)11-13)21-18(22)16-7-3-9-17-15(16)8-4-10-20-17/h2-12H,1H3,(H,21,22). The summed E-state index contributed by atoms with van der Waals surface area (Å²) in [5.41, 5.74) is 2.41. The van der Waals surface area contributed by atoms with Gasteiger partial charge in [0.2, 0.25) is 0 Å². The van der Waals surface area contributed by atoms with Gasteiger partial charge in [0, 0.05) is 22.2 Å². The van der Waals surface area contributed by atoms with Crippen molar-refractivity contribution in [3.63, 3.8) is 0 Å². The molecule has 0 saturated heterocycles. The van der Waals surface area contributed by atoms with Crippen molar-refractivity contribution in [2.75, 3.05) is 0 Å². The number of amides is 1. The maximum absolute atomic E-state index is 12.6. The number of hydrogen-bond acceptors (Lipinski definition) is 2. The van der Waals surface area contributed by atoms with E-state index in [9.17, 15) is 4.79 Å². The number of halogens is 1. The summed E-state index contributed by atoms with van der Waals surface area (Å²) in [6.45, 7) is 1.94. The monoisotopic (exact) mass is 310 g/mol. The predicted octanol–water partition coefficient (Wildman–Crippen LogP) is 4.38. The van der Waals surface area contributed by atoms with Gasteiger partial charge < -0.3 is 5.32 Å². The minimum atomic E-state index is -0.127. The number of carbonyl (C=O) groups is 1. The Morgan fingerprint density at radius 3 is 2.77 bits per heavy atom. The summed E-state index contributed by atoms with van der Waals surface area (Å²) in [7, 11) is 0. The molecule has 0 aliphatic heterocycles. The highest BCUT2D eigenvalue weighted by atomic mass is 35.5. The van der Waals surface area contributed by atoms with E-state index >= 15 is 0 Å². The molecule has 3 nitrogen and oxygen atoms in total. The molecule has 0 fully saturated rings. The molecule has 0 bridgehead atoms. The van der Waals surface area contributed by atoms with Gasteiger partial charge in [0.15, 0.2) is 0 Å². The normalized spacial score (nSPS) is 12.1. The Morgan fingerprint density at radius 1 is 1.14 bits per heavy atom. The zero-order valence-corrected chi connectivity index (χ0v) is 12.8. The van der Waals surface area contributed by atoms with Crippen molar-refractivity contribution < 1.29 is 4.79 Å². The topological polar surface area (TPSA) is 42.0 Å². The summed E-state index contributed by atoms with van der Waals surface area (Å²) in [6, 6.07) is 16.7. The number of nitrogens with zero attached hydrogens (tertiary/aromatic N) is 1. The highest BCUT2D eigenvalue weighted by molar-refractivity contribution is 6.30. The van der Waals surface area contributed by atoms with E-state index in [2.05, 4.69) is 10.3 Å². The Labute approximate surface area is 133 Å². The third-order valence-corrected chi connectivity index (χ3v) is 3.82. The number of hydrogen-bond donors (Lipinski definition) is 1. The first-order valence-electron chi connectivity index (χ1n) is 7.05. The summed E-state index contributed by atoms with van der Waals surface area (Å²) >= 11 is 6.00. The van der Waals surface area contributed by atoms with Gasteiger partial charge >= 0.3 is 0 Å². The van der Waals surface area contributed by atoms with Gasteiger partial charge in [-0.25, -0.2) is 0 Å². The zero-order chi connectivity index (χ0) is 15.5. The lowest BCUT2D eigenvalue weighted by Crippen LogP contribution is -2.26. The Hall–Kier alpha value is -2.39. The molecule has 1 aromatic heterocycles. The van der Waals surface area contributed by atoms with Gasteiger partial charge in [-0.05, 0) is 42.8 Å². The molecular formula is C18H15ClN2O. The number of rotatable bonds is 3. The minimum Gasteiger partial charge on any atom is -0.345 e. The van der Waals surface area contributed by atoms with Gasteiger partial charge in [0.25, 0.3) is 5.91 Å². The van der Waals surface area contributed by atoms with Crippen LogP contribution >= 0.6 is 11.6 Å². The largest absolute Gasteiger partial charge is 0.345 e. The van der Waals surface area contributed by atoms with Crippen LogP contribution in [0, 0.1) is 0 Å². The van der Waals surface area contributed by atoms with Crippen molar-refractivity contribution >= 4 is 28.4 Å². The lowest BCUT2D eigenvalue weighted by Gasteiger charge is -2.15. The van der Waals surface area contributed by atoms with Crippen molar-refractivity contribution in [3.8, 4) is 0 Å². The molecular weight excluding hydrogens is 296 g/mol. The molecule has 0 radical (unpaired) electrons. The first-order chi connectivity index (χ1) is 10.6. The zero-order valence-electron chi connectivity index (χ0n) is 12.1. The molecule has 110 valence electrons. The van der Waals surface area contributed by atoms with Crippen LogP contribution in [0.2, 0.25) is 5.02 Å². The number of fused-ring (bicyclic) bond motifs is 1. The van der Waals surface area contributed by atoms with Crippen LogP contribution in [0.1, 0.15) is 28.9 Å². The Kier molecular flexibility index (Phi) is 4.07. The molecule has 3 rings (SSSR count). The fourth-order valence-corrected chi connectivity index (χ4v) is 2.63. The van der Waals surface area contributed by atoms with Crippen molar-refractivity contribution in [2.45, 2.75) is 13.0 Å². The SMILES string of the molecule is CC(NC(=O)c1cccc2ncccc12)c1cccc(Cl)c1. The van der Waals surface area contributed by atoms with Gasteiger partial charge in [-0.3, -0.25) is 9.78 Å². The number of aromatic nitrogens is 1. The molecule has 22 heavy (non-hydrogen) atoms. The van der Waals surface area contributed by atoms with Gasteiger partial charge in [-0.2, -0.15) is 0 Å². The van der Waals surface area contributed by atoms with Crippen molar-refractivity contribution in [1.82, 2.24) is 10.3 Å². The van der Waals surface area contributed by atoms with E-state index in [-0.39, 0.29) is 11.9 Å². The van der Waals surface area contributed by atoms with Crippen LogP contribution in [0.3, 0.4) is 0 Å². The Balaban J connectivity index is 1.87.